The van der Waals surface area contributed by atoms with Gasteiger partial charge in [0.1, 0.15) is 5.75 Å². The Morgan fingerprint density at radius 2 is 2.07 bits per heavy atom. The number of rotatable bonds is 4. The van der Waals surface area contributed by atoms with Gasteiger partial charge in [0.25, 0.3) is 6.01 Å². The van der Waals surface area contributed by atoms with E-state index < -0.39 is 17.5 Å². The number of likely N-dealkylation sites (N-methyl/N-ethyl adjacent to an activating group) is 1. The van der Waals surface area contributed by atoms with Crippen LogP contribution in [0.25, 0.3) is 22.5 Å². The number of aromatic hydroxyl groups is 1. The average Bonchev–Trinajstić information content (AvgIpc) is 3.08. The van der Waals surface area contributed by atoms with Gasteiger partial charge in [-0.2, -0.15) is 18.2 Å². The molecule has 0 unspecified atom stereocenters. The van der Waals surface area contributed by atoms with Gasteiger partial charge in [0, 0.05) is 18.2 Å². The van der Waals surface area contributed by atoms with Crippen molar-refractivity contribution in [2.24, 2.45) is 0 Å². The highest BCUT2D eigenvalue weighted by atomic mass is 19.4. The van der Waals surface area contributed by atoms with Gasteiger partial charge in [-0.05, 0) is 62.7 Å². The van der Waals surface area contributed by atoms with Crippen molar-refractivity contribution in [2.45, 2.75) is 38.9 Å². The predicted molar refractivity (Wildman–Crippen MR) is 107 cm³/mol. The summed E-state index contributed by atoms with van der Waals surface area (Å²) in [4.78, 5) is 11.2. The van der Waals surface area contributed by atoms with E-state index in [4.69, 9.17) is 4.42 Å². The lowest BCUT2D eigenvalue weighted by Crippen LogP contribution is -2.41. The second-order valence-corrected chi connectivity index (χ2v) is 7.60. The Morgan fingerprint density at radius 1 is 1.27 bits per heavy atom. The minimum Gasteiger partial charge on any atom is -0.507 e. The average molecular weight is 420 g/mol. The van der Waals surface area contributed by atoms with Crippen molar-refractivity contribution in [3.63, 3.8) is 0 Å². The summed E-state index contributed by atoms with van der Waals surface area (Å²) in [5, 5.41) is 13.5. The van der Waals surface area contributed by atoms with E-state index in [0.717, 1.165) is 38.5 Å². The lowest BCUT2D eigenvalue weighted by molar-refractivity contribution is -0.137. The van der Waals surface area contributed by atoms with E-state index in [1.165, 1.54) is 6.92 Å². The largest absolute Gasteiger partial charge is 0.507 e. The third-order valence-corrected chi connectivity index (χ3v) is 5.43. The maximum atomic E-state index is 13.0. The molecule has 1 atom stereocenters. The van der Waals surface area contributed by atoms with E-state index in [9.17, 15) is 18.3 Å². The number of anilines is 1. The van der Waals surface area contributed by atoms with Crippen molar-refractivity contribution in [3.8, 4) is 17.0 Å². The zero-order valence-corrected chi connectivity index (χ0v) is 16.8. The van der Waals surface area contributed by atoms with Crippen LogP contribution in [0.15, 0.2) is 28.7 Å². The van der Waals surface area contributed by atoms with Gasteiger partial charge >= 0.3 is 6.18 Å². The molecule has 6 nitrogen and oxygen atoms in total. The number of oxazole rings is 1. The molecule has 1 saturated heterocycles. The smallest absolute Gasteiger partial charge is 0.416 e. The Hall–Kier alpha value is -2.81. The number of aryl methyl sites for hydroxylation is 1. The molecule has 3 heterocycles. The van der Waals surface area contributed by atoms with Crippen LogP contribution in [-0.2, 0) is 6.18 Å². The fourth-order valence-electron chi connectivity index (χ4n) is 3.92. The van der Waals surface area contributed by atoms with Crippen LogP contribution in [0.2, 0.25) is 0 Å². The highest BCUT2D eigenvalue weighted by Gasteiger charge is 2.32. The number of benzene rings is 1. The SMILES string of the molecule is CCN1CCC[C@@H](Nc2nc3nc(-c4c(C)cc(C(F)(F)F)cc4O)ccc3o2)C1. The maximum Gasteiger partial charge on any atom is 0.416 e. The molecule has 0 spiro atoms. The van der Waals surface area contributed by atoms with Gasteiger partial charge < -0.3 is 19.7 Å². The predicted octanol–water partition coefficient (Wildman–Crippen LogP) is 4.82. The molecule has 9 heteroatoms. The van der Waals surface area contributed by atoms with Crippen LogP contribution in [-0.4, -0.2) is 45.7 Å². The molecule has 0 radical (unpaired) electrons. The number of alkyl halides is 3. The Kier molecular flexibility index (Phi) is 5.31. The van der Waals surface area contributed by atoms with Crippen molar-refractivity contribution in [3.05, 3.63) is 35.4 Å². The normalized spacial score (nSPS) is 18.1. The van der Waals surface area contributed by atoms with Crippen molar-refractivity contribution in [1.82, 2.24) is 14.9 Å². The first kappa shape index (κ1) is 20.5. The van der Waals surface area contributed by atoms with E-state index >= 15 is 0 Å². The van der Waals surface area contributed by atoms with Gasteiger partial charge in [0.15, 0.2) is 5.58 Å². The molecule has 0 aliphatic carbocycles. The summed E-state index contributed by atoms with van der Waals surface area (Å²) < 4.78 is 44.7. The summed E-state index contributed by atoms with van der Waals surface area (Å²) in [5.74, 6) is -0.474. The number of hydrogen-bond donors (Lipinski definition) is 2. The first-order chi connectivity index (χ1) is 14.2. The topological polar surface area (TPSA) is 74.4 Å². The van der Waals surface area contributed by atoms with Crippen LogP contribution in [0.3, 0.4) is 0 Å². The van der Waals surface area contributed by atoms with Crippen LogP contribution in [0.1, 0.15) is 30.9 Å². The van der Waals surface area contributed by atoms with Gasteiger partial charge in [0.2, 0.25) is 5.65 Å². The van der Waals surface area contributed by atoms with E-state index in [1.807, 2.05) is 0 Å². The Morgan fingerprint density at radius 3 is 2.77 bits per heavy atom. The first-order valence-corrected chi connectivity index (χ1v) is 9.92. The highest BCUT2D eigenvalue weighted by molar-refractivity contribution is 5.78. The number of fused-ring (bicyclic) bond motifs is 1. The minimum atomic E-state index is -4.53. The molecule has 160 valence electrons. The summed E-state index contributed by atoms with van der Waals surface area (Å²) >= 11 is 0. The summed E-state index contributed by atoms with van der Waals surface area (Å²) in [6, 6.07) is 5.57. The maximum absolute atomic E-state index is 13.0. The van der Waals surface area contributed by atoms with Gasteiger partial charge in [-0.3, -0.25) is 0 Å². The highest BCUT2D eigenvalue weighted by Crippen LogP contribution is 2.39. The molecule has 2 N–H and O–H groups in total. The second-order valence-electron chi connectivity index (χ2n) is 7.60. The number of piperidine rings is 1. The molecule has 1 aliphatic heterocycles. The van der Waals surface area contributed by atoms with E-state index in [1.54, 1.807) is 12.1 Å². The van der Waals surface area contributed by atoms with Crippen LogP contribution in [0.4, 0.5) is 19.2 Å². The number of phenols is 1. The van der Waals surface area contributed by atoms with E-state index in [2.05, 4.69) is 27.1 Å². The zero-order chi connectivity index (χ0) is 21.5. The fraction of sp³-hybridized carbons (Fsp3) is 0.429. The number of hydrogen-bond acceptors (Lipinski definition) is 6. The number of phenolic OH excluding ortho intramolecular Hbond substituents is 1. The molecule has 0 saturated carbocycles. The number of nitrogens with one attached hydrogen (secondary N) is 1. The Labute approximate surface area is 171 Å². The van der Waals surface area contributed by atoms with E-state index in [0.29, 0.717) is 29.0 Å². The summed E-state index contributed by atoms with van der Waals surface area (Å²) in [7, 11) is 0. The molecular weight excluding hydrogens is 397 g/mol. The molecule has 0 amide bonds. The standard InChI is InChI=1S/C21H23F3N4O2/c1-3-28-8-4-5-14(11-28)25-20-27-19-17(30-20)7-6-15(26-19)18-12(2)9-13(10-16(18)29)21(22,23)24/h6-7,9-10,14,29H,3-5,8,11H2,1-2H3,(H,25,26,27)/t14-/m1/s1. The third kappa shape index (κ3) is 4.07. The van der Waals surface area contributed by atoms with Crippen LogP contribution >= 0.6 is 0 Å². The van der Waals surface area contributed by atoms with Crippen molar-refractivity contribution < 1.29 is 22.7 Å². The number of pyridine rings is 1. The van der Waals surface area contributed by atoms with Crippen LogP contribution in [0, 0.1) is 6.92 Å². The molecular formula is C21H23F3N4O2. The Bertz CT molecular complexity index is 1040. The van der Waals surface area contributed by atoms with Crippen LogP contribution in [0.5, 0.6) is 5.75 Å². The third-order valence-electron chi connectivity index (χ3n) is 5.43. The number of likely N-dealkylation sites (tertiary alicyclic amines) is 1. The van der Waals surface area contributed by atoms with Crippen molar-refractivity contribution in [1.29, 1.82) is 0 Å². The number of nitrogens with zero attached hydrogens (tertiary/aromatic N) is 3. The molecule has 30 heavy (non-hydrogen) atoms. The molecule has 2 aromatic heterocycles. The summed E-state index contributed by atoms with van der Waals surface area (Å²) in [5.41, 5.74) is 0.751. The van der Waals surface area contributed by atoms with Crippen molar-refractivity contribution >= 4 is 17.2 Å². The zero-order valence-electron chi connectivity index (χ0n) is 16.8. The lowest BCUT2D eigenvalue weighted by Gasteiger charge is -2.31. The minimum absolute atomic E-state index is 0.229. The van der Waals surface area contributed by atoms with Crippen LogP contribution < -0.4 is 5.32 Å². The second kappa shape index (κ2) is 7.79. The number of aromatic nitrogens is 2. The van der Waals surface area contributed by atoms with E-state index in [-0.39, 0.29) is 17.2 Å². The molecule has 1 aromatic carbocycles. The molecule has 3 aromatic rings. The molecule has 0 bridgehead atoms. The van der Waals surface area contributed by atoms with Gasteiger partial charge in [-0.25, -0.2) is 4.98 Å². The van der Waals surface area contributed by atoms with Gasteiger partial charge in [-0.15, -0.1) is 0 Å². The molecule has 1 aliphatic rings. The first-order valence-electron chi connectivity index (χ1n) is 9.92. The monoisotopic (exact) mass is 420 g/mol. The molecule has 1 fully saturated rings. The Balaban J connectivity index is 1.62. The quantitative estimate of drug-likeness (QED) is 0.631. The lowest BCUT2D eigenvalue weighted by atomic mass is 10.0. The molecule has 4 rings (SSSR count). The van der Waals surface area contributed by atoms with Gasteiger partial charge in [-0.1, -0.05) is 6.92 Å². The summed E-state index contributed by atoms with van der Waals surface area (Å²) in [6.07, 6.45) is -2.41. The van der Waals surface area contributed by atoms with Crippen molar-refractivity contribution in [2.75, 3.05) is 25.0 Å². The van der Waals surface area contributed by atoms with Gasteiger partial charge in [0.05, 0.1) is 11.3 Å². The fourth-order valence-corrected chi connectivity index (χ4v) is 3.92. The summed E-state index contributed by atoms with van der Waals surface area (Å²) in [6.45, 7) is 6.63. The number of halogens is 3.